The number of ether oxygens (including phenoxy) is 1. The first kappa shape index (κ1) is 26.1. The molecule has 2 aromatic rings. The molecule has 8 nitrogen and oxygen atoms in total. The molecule has 29 heavy (non-hydrogen) atoms. The number of hydrogen-bond donors (Lipinski definition) is 3. The Morgan fingerprint density at radius 3 is 1.93 bits per heavy atom. The van der Waals surface area contributed by atoms with Crippen molar-refractivity contribution in [2.45, 2.75) is 12.0 Å². The van der Waals surface area contributed by atoms with E-state index >= 15 is 0 Å². The minimum absolute atomic E-state index is 0. The number of carboxylic acids is 1. The summed E-state index contributed by atoms with van der Waals surface area (Å²) < 4.78 is 35.7. The Labute approximate surface area is 212 Å². The summed E-state index contributed by atoms with van der Waals surface area (Å²) in [4.78, 5) is 23.0. The molecule has 0 saturated heterocycles. The molecule has 0 aromatic heterocycles. The third-order valence-electron chi connectivity index (χ3n) is 4.31. The third kappa shape index (κ3) is 6.53. The van der Waals surface area contributed by atoms with Crippen molar-refractivity contribution in [1.82, 2.24) is 5.32 Å². The first-order chi connectivity index (χ1) is 12.8. The van der Waals surface area contributed by atoms with Crippen LogP contribution in [-0.2, 0) is 19.6 Å². The minimum Gasteiger partial charge on any atom is -0.480 e. The monoisotopic (exact) mass is 437 g/mol. The van der Waals surface area contributed by atoms with Gasteiger partial charge in [0, 0.05) is 65.0 Å². The van der Waals surface area contributed by atoms with E-state index in [4.69, 9.17) is 14.4 Å². The number of carboxylic acid groups (broad SMARTS) is 1. The molecular weight excluding hydrogens is 420 g/mol. The first-order valence-corrected chi connectivity index (χ1v) is 9.66. The van der Waals surface area contributed by atoms with Gasteiger partial charge in [0.25, 0.3) is 10.1 Å². The molecule has 0 bridgehead atoms. The number of hydrogen-bond acceptors (Lipinski definition) is 5. The van der Waals surface area contributed by atoms with E-state index in [-0.39, 0.29) is 71.6 Å². The fourth-order valence-corrected chi connectivity index (χ4v) is 3.81. The number of nitrogens with one attached hydrogen (secondary N) is 1. The average molecular weight is 437 g/mol. The van der Waals surface area contributed by atoms with E-state index in [1.807, 2.05) is 53.8 Å². The molecule has 0 saturated carbocycles. The Morgan fingerprint density at radius 2 is 1.48 bits per heavy atom. The van der Waals surface area contributed by atoms with Crippen molar-refractivity contribution in [3.05, 3.63) is 59.7 Å². The number of carbonyl (C=O) groups excluding carboxylic acids is 1. The molecule has 3 rings (SSSR count). The predicted octanol–water partition coefficient (Wildman–Crippen LogP) is 1.10. The molecule has 1 amide bonds. The minimum atomic E-state index is -4.58. The van der Waals surface area contributed by atoms with Crippen LogP contribution in [0.1, 0.15) is 17.0 Å². The van der Waals surface area contributed by atoms with Gasteiger partial charge < -0.3 is 15.2 Å². The molecule has 0 spiro atoms. The summed E-state index contributed by atoms with van der Waals surface area (Å²) in [5, 5.41) is 10.9. The van der Waals surface area contributed by atoms with Gasteiger partial charge in [-0.2, -0.15) is 8.42 Å². The largest absolute Gasteiger partial charge is 0.480 e. The number of amides is 1. The van der Waals surface area contributed by atoms with Gasteiger partial charge in [-0.3, -0.25) is 4.55 Å². The van der Waals surface area contributed by atoms with Crippen LogP contribution in [0.25, 0.3) is 11.1 Å². The summed E-state index contributed by atoms with van der Waals surface area (Å²) in [6, 6.07) is 13.6. The van der Waals surface area contributed by atoms with Crippen LogP contribution in [0.15, 0.2) is 48.5 Å². The van der Waals surface area contributed by atoms with E-state index in [0.717, 1.165) is 22.3 Å². The van der Waals surface area contributed by atoms with Crippen LogP contribution >= 0.6 is 0 Å². The second-order valence-corrected chi connectivity index (χ2v) is 7.61. The molecule has 11 heteroatoms. The van der Waals surface area contributed by atoms with E-state index in [1.54, 1.807) is 0 Å². The number of aliphatic carboxylic acids is 1. The third-order valence-corrected chi connectivity index (χ3v) is 5.07. The van der Waals surface area contributed by atoms with Gasteiger partial charge >= 0.3 is 12.1 Å². The number of carbonyl (C=O) groups is 2. The Hall–Kier alpha value is -0.910. The molecule has 2 aromatic carbocycles. The summed E-state index contributed by atoms with van der Waals surface area (Å²) in [6.45, 7) is -0.0436. The molecule has 0 unspecified atom stereocenters. The maximum atomic E-state index is 12.0. The molecule has 0 heterocycles. The van der Waals surface area contributed by atoms with Crippen LogP contribution in [0.2, 0.25) is 0 Å². The zero-order valence-corrected chi connectivity index (χ0v) is 20.8. The fourth-order valence-electron chi connectivity index (χ4n) is 3.17. The van der Waals surface area contributed by atoms with Crippen LogP contribution in [0.3, 0.4) is 0 Å². The summed E-state index contributed by atoms with van der Waals surface area (Å²) in [6.07, 6.45) is -1.08. The van der Waals surface area contributed by atoms with Crippen LogP contribution in [0.4, 0.5) is 4.79 Å². The van der Waals surface area contributed by atoms with Gasteiger partial charge in [-0.25, -0.2) is 9.59 Å². The Balaban J connectivity index is 0.00000210. The van der Waals surface area contributed by atoms with Crippen molar-refractivity contribution in [2.24, 2.45) is 0 Å². The predicted molar refractivity (Wildman–Crippen MR) is 108 cm³/mol. The number of fused-ring (bicyclic) bond motifs is 3. The summed E-state index contributed by atoms with van der Waals surface area (Å²) in [5.74, 6) is -2.96. The van der Waals surface area contributed by atoms with Crippen LogP contribution in [0, 0.1) is 0 Å². The van der Waals surface area contributed by atoms with Crippen LogP contribution in [-0.4, -0.2) is 108 Å². The summed E-state index contributed by atoms with van der Waals surface area (Å²) in [5.41, 5.74) is 4.05. The maximum Gasteiger partial charge on any atom is 0.407 e. The Kier molecular flexibility index (Phi) is 9.84. The van der Waals surface area contributed by atoms with Crippen molar-refractivity contribution < 1.29 is 32.4 Å². The summed E-state index contributed by atoms with van der Waals surface area (Å²) >= 11 is 0. The van der Waals surface area contributed by atoms with Gasteiger partial charge in [-0.05, 0) is 22.3 Å². The topological polar surface area (TPSA) is 130 Å². The molecule has 1 atom stereocenters. The van der Waals surface area contributed by atoms with E-state index in [2.05, 4.69) is 0 Å². The average Bonchev–Trinajstić information content (AvgIpc) is 2.92. The standard InChI is InChI=1S/C18H17NO7S.2Na/c20-17(21)16(10-27(23,24)25)19-18(22)26-9-15-13-7-3-1-5-11(13)12-6-2-4-8-14(12)15;;/h1-8,15-16H,9-10H2,(H,19,22)(H,20,21)(H,23,24,25);;/t16-;;/m1../s1. The fraction of sp³-hybridized carbons (Fsp3) is 0.222. The van der Waals surface area contributed by atoms with E-state index in [0.29, 0.717) is 0 Å². The van der Waals surface area contributed by atoms with Crippen molar-refractivity contribution >= 4 is 81.3 Å². The second kappa shape index (κ2) is 10.9. The zero-order valence-electron chi connectivity index (χ0n) is 16.0. The smallest absolute Gasteiger partial charge is 0.407 e. The van der Waals surface area contributed by atoms with Crippen molar-refractivity contribution in [3.63, 3.8) is 0 Å². The van der Waals surface area contributed by atoms with Crippen molar-refractivity contribution in [2.75, 3.05) is 12.4 Å². The quantitative estimate of drug-likeness (QED) is 0.456. The van der Waals surface area contributed by atoms with Crippen LogP contribution in [0.5, 0.6) is 0 Å². The second-order valence-electron chi connectivity index (χ2n) is 6.11. The van der Waals surface area contributed by atoms with Gasteiger partial charge in [0.2, 0.25) is 0 Å². The summed E-state index contributed by atoms with van der Waals surface area (Å²) in [7, 11) is -4.58. The number of alkyl carbamates (subject to hydrolysis) is 1. The number of rotatable bonds is 6. The first-order valence-electron chi connectivity index (χ1n) is 8.06. The molecule has 0 aliphatic heterocycles. The Bertz CT molecular complexity index is 952. The van der Waals surface area contributed by atoms with Crippen molar-refractivity contribution in [1.29, 1.82) is 0 Å². The normalized spacial score (nSPS) is 13.1. The molecule has 1 aliphatic carbocycles. The van der Waals surface area contributed by atoms with Gasteiger partial charge in [0.1, 0.15) is 18.4 Å². The molecule has 2 radical (unpaired) electrons. The molecule has 144 valence electrons. The molecular formula is C18H17NNa2O7S. The molecule has 1 aliphatic rings. The van der Waals surface area contributed by atoms with Crippen molar-refractivity contribution in [3.8, 4) is 11.1 Å². The van der Waals surface area contributed by atoms with E-state index in [1.165, 1.54) is 0 Å². The molecule has 3 N–H and O–H groups in total. The maximum absolute atomic E-state index is 12.0. The SMILES string of the molecule is O=C(N[C@H](CS(=O)(=O)O)C(=O)O)OCC1c2ccccc2-c2ccccc21.[Na].[Na]. The van der Waals surface area contributed by atoms with E-state index in [9.17, 15) is 18.0 Å². The zero-order chi connectivity index (χ0) is 19.6. The van der Waals surface area contributed by atoms with Crippen LogP contribution < -0.4 is 5.32 Å². The van der Waals surface area contributed by atoms with Gasteiger partial charge in [0.05, 0.1) is 0 Å². The Morgan fingerprint density at radius 1 is 1.00 bits per heavy atom. The van der Waals surface area contributed by atoms with Gasteiger partial charge in [0.15, 0.2) is 0 Å². The van der Waals surface area contributed by atoms with E-state index < -0.39 is 34.0 Å². The van der Waals surface area contributed by atoms with Gasteiger partial charge in [-0.15, -0.1) is 0 Å². The molecule has 0 fully saturated rings. The van der Waals surface area contributed by atoms with Gasteiger partial charge in [-0.1, -0.05) is 48.5 Å². The number of benzene rings is 2.